The van der Waals surface area contributed by atoms with E-state index >= 15 is 0 Å². The molecule has 3 amide bonds. The highest BCUT2D eigenvalue weighted by atomic mass is 16.2. The van der Waals surface area contributed by atoms with E-state index in [4.69, 9.17) is 0 Å². The third-order valence-electron chi connectivity index (χ3n) is 1.73. The Labute approximate surface area is 63.1 Å². The van der Waals surface area contributed by atoms with Crippen LogP contribution in [0.2, 0.25) is 0 Å². The van der Waals surface area contributed by atoms with Gasteiger partial charge in [-0.1, -0.05) is 6.92 Å². The zero-order chi connectivity index (χ0) is 8.48. The fourth-order valence-corrected chi connectivity index (χ4v) is 0.921. The first-order chi connectivity index (χ1) is 5.14. The molecule has 1 aliphatic heterocycles. The molecule has 0 spiro atoms. The predicted octanol–water partition coefficient (Wildman–Crippen LogP) is -0.827. The van der Waals surface area contributed by atoms with Crippen molar-refractivity contribution in [3.63, 3.8) is 0 Å². The van der Waals surface area contributed by atoms with E-state index in [9.17, 15) is 14.4 Å². The number of hydrogen-bond donors (Lipinski definition) is 2. The van der Waals surface area contributed by atoms with E-state index in [-0.39, 0.29) is 6.42 Å². The maximum absolute atomic E-state index is 10.9. The molecule has 0 aromatic carbocycles. The highest BCUT2D eigenvalue weighted by Gasteiger charge is 2.44. The molecule has 0 aromatic heterocycles. The standard InChI is InChI=1S/C6H8N2O3/c1-2-6(3-9)4(10)7-5(11)8-6/h3H,2H2,1H3,(H2,7,8,10,11)/t6-/m1/s1. The van der Waals surface area contributed by atoms with E-state index in [2.05, 4.69) is 5.32 Å². The van der Waals surface area contributed by atoms with Gasteiger partial charge >= 0.3 is 6.03 Å². The molecule has 0 saturated carbocycles. The molecule has 0 unspecified atom stereocenters. The largest absolute Gasteiger partial charge is 0.322 e. The monoisotopic (exact) mass is 156 g/mol. The lowest BCUT2D eigenvalue weighted by Crippen LogP contribution is -2.47. The second-order valence-corrected chi connectivity index (χ2v) is 2.35. The van der Waals surface area contributed by atoms with Gasteiger partial charge in [-0.2, -0.15) is 0 Å². The number of amides is 3. The number of nitrogens with one attached hydrogen (secondary N) is 2. The minimum absolute atomic E-state index is 0.272. The molecule has 2 N–H and O–H groups in total. The first kappa shape index (κ1) is 7.71. The van der Waals surface area contributed by atoms with Crippen molar-refractivity contribution in [1.82, 2.24) is 10.6 Å². The fraction of sp³-hybridized carbons (Fsp3) is 0.500. The summed E-state index contributed by atoms with van der Waals surface area (Å²) < 4.78 is 0. The SMILES string of the molecule is CC[C@]1(C=O)NC(=O)NC1=O. The second kappa shape index (κ2) is 2.34. The summed E-state index contributed by atoms with van der Waals surface area (Å²) in [4.78, 5) is 32.0. The average Bonchev–Trinajstić information content (AvgIpc) is 2.27. The summed E-state index contributed by atoms with van der Waals surface area (Å²) in [6, 6.07) is -0.607. The van der Waals surface area contributed by atoms with Gasteiger partial charge < -0.3 is 10.1 Å². The topological polar surface area (TPSA) is 75.3 Å². The van der Waals surface area contributed by atoms with Crippen LogP contribution in [-0.4, -0.2) is 23.8 Å². The van der Waals surface area contributed by atoms with Crippen molar-refractivity contribution in [2.24, 2.45) is 0 Å². The molecule has 1 aliphatic rings. The van der Waals surface area contributed by atoms with E-state index in [1.165, 1.54) is 0 Å². The number of imide groups is 1. The van der Waals surface area contributed by atoms with Crippen molar-refractivity contribution >= 4 is 18.2 Å². The van der Waals surface area contributed by atoms with Gasteiger partial charge in [0.15, 0.2) is 11.8 Å². The summed E-state index contributed by atoms with van der Waals surface area (Å²) in [6.07, 6.45) is 0.724. The molecule has 1 rings (SSSR count). The van der Waals surface area contributed by atoms with Gasteiger partial charge in [0.25, 0.3) is 5.91 Å². The number of urea groups is 1. The van der Waals surface area contributed by atoms with E-state index < -0.39 is 17.5 Å². The molecule has 1 fully saturated rings. The van der Waals surface area contributed by atoms with Gasteiger partial charge in [-0.25, -0.2) is 4.79 Å². The Kier molecular flexibility index (Phi) is 1.64. The Morgan fingerprint density at radius 1 is 1.55 bits per heavy atom. The Morgan fingerprint density at radius 2 is 2.18 bits per heavy atom. The zero-order valence-electron chi connectivity index (χ0n) is 6.01. The molecule has 1 heterocycles. The number of carbonyl (C=O) groups excluding carboxylic acids is 3. The number of aldehydes is 1. The van der Waals surface area contributed by atoms with Crippen molar-refractivity contribution in [3.05, 3.63) is 0 Å². The maximum atomic E-state index is 10.9. The van der Waals surface area contributed by atoms with E-state index in [0.29, 0.717) is 6.29 Å². The van der Waals surface area contributed by atoms with Gasteiger partial charge in [0.05, 0.1) is 0 Å². The summed E-state index contributed by atoms with van der Waals surface area (Å²) in [5, 5.41) is 4.24. The third-order valence-corrected chi connectivity index (χ3v) is 1.73. The summed E-state index contributed by atoms with van der Waals surface area (Å²) in [6.45, 7) is 1.65. The Hall–Kier alpha value is -1.39. The molecule has 60 valence electrons. The first-order valence-electron chi connectivity index (χ1n) is 3.24. The predicted molar refractivity (Wildman–Crippen MR) is 35.8 cm³/mol. The molecule has 5 nitrogen and oxygen atoms in total. The Bertz CT molecular complexity index is 226. The van der Waals surface area contributed by atoms with Crippen LogP contribution in [0.1, 0.15) is 13.3 Å². The van der Waals surface area contributed by atoms with Crippen LogP contribution in [0.5, 0.6) is 0 Å². The second-order valence-electron chi connectivity index (χ2n) is 2.35. The fourth-order valence-electron chi connectivity index (χ4n) is 0.921. The maximum Gasteiger partial charge on any atom is 0.322 e. The van der Waals surface area contributed by atoms with Crippen LogP contribution in [-0.2, 0) is 9.59 Å². The molecule has 0 bridgehead atoms. The smallest absolute Gasteiger partial charge is 0.317 e. The highest BCUT2D eigenvalue weighted by Crippen LogP contribution is 2.11. The van der Waals surface area contributed by atoms with Crippen molar-refractivity contribution in [2.75, 3.05) is 0 Å². The molecule has 5 heteroatoms. The first-order valence-corrected chi connectivity index (χ1v) is 3.24. The number of carbonyl (C=O) groups is 3. The molecule has 0 aliphatic carbocycles. The lowest BCUT2D eigenvalue weighted by molar-refractivity contribution is -0.128. The minimum atomic E-state index is -1.32. The van der Waals surface area contributed by atoms with E-state index in [1.54, 1.807) is 6.92 Å². The molecule has 0 radical (unpaired) electrons. The van der Waals surface area contributed by atoms with Crippen molar-refractivity contribution < 1.29 is 14.4 Å². The van der Waals surface area contributed by atoms with E-state index in [0.717, 1.165) is 0 Å². The van der Waals surface area contributed by atoms with Crippen LogP contribution in [0.15, 0.2) is 0 Å². The molecule has 1 saturated heterocycles. The zero-order valence-corrected chi connectivity index (χ0v) is 6.01. The van der Waals surface area contributed by atoms with E-state index in [1.807, 2.05) is 5.32 Å². The average molecular weight is 156 g/mol. The van der Waals surface area contributed by atoms with Crippen LogP contribution in [0.3, 0.4) is 0 Å². The van der Waals surface area contributed by atoms with Crippen molar-refractivity contribution in [3.8, 4) is 0 Å². The summed E-state index contributed by atoms with van der Waals surface area (Å²) >= 11 is 0. The summed E-state index contributed by atoms with van der Waals surface area (Å²) in [5.41, 5.74) is -1.32. The van der Waals surface area contributed by atoms with Crippen LogP contribution in [0, 0.1) is 0 Å². The van der Waals surface area contributed by atoms with Gasteiger partial charge in [-0.3, -0.25) is 10.1 Å². The number of hydrogen-bond acceptors (Lipinski definition) is 3. The van der Waals surface area contributed by atoms with Crippen molar-refractivity contribution in [2.45, 2.75) is 18.9 Å². The van der Waals surface area contributed by atoms with Crippen LogP contribution < -0.4 is 10.6 Å². The van der Waals surface area contributed by atoms with Gasteiger partial charge in [0.1, 0.15) is 0 Å². The molecule has 11 heavy (non-hydrogen) atoms. The quantitative estimate of drug-likeness (QED) is 0.311. The lowest BCUT2D eigenvalue weighted by atomic mass is 9.99. The minimum Gasteiger partial charge on any atom is -0.317 e. The molecule has 0 aromatic rings. The molecule has 1 atom stereocenters. The van der Waals surface area contributed by atoms with Gasteiger partial charge in [0.2, 0.25) is 0 Å². The summed E-state index contributed by atoms with van der Waals surface area (Å²) in [5.74, 6) is -0.569. The van der Waals surface area contributed by atoms with Crippen LogP contribution >= 0.6 is 0 Å². The number of rotatable bonds is 2. The van der Waals surface area contributed by atoms with Crippen LogP contribution in [0.25, 0.3) is 0 Å². The molecular weight excluding hydrogens is 148 g/mol. The van der Waals surface area contributed by atoms with Crippen LogP contribution in [0.4, 0.5) is 4.79 Å². The Balaban J connectivity index is 2.93. The normalized spacial score (nSPS) is 29.5. The molecular formula is C6H8N2O3. The van der Waals surface area contributed by atoms with Gasteiger partial charge in [0, 0.05) is 0 Å². The third kappa shape index (κ3) is 0.978. The van der Waals surface area contributed by atoms with Gasteiger partial charge in [-0.15, -0.1) is 0 Å². The van der Waals surface area contributed by atoms with Crippen molar-refractivity contribution in [1.29, 1.82) is 0 Å². The lowest BCUT2D eigenvalue weighted by Gasteiger charge is -2.14. The summed E-state index contributed by atoms with van der Waals surface area (Å²) in [7, 11) is 0. The van der Waals surface area contributed by atoms with Gasteiger partial charge in [-0.05, 0) is 6.42 Å². The Morgan fingerprint density at radius 3 is 2.36 bits per heavy atom. The highest BCUT2D eigenvalue weighted by molar-refractivity contribution is 6.15.